The highest BCUT2D eigenvalue weighted by molar-refractivity contribution is 5.88. The molecule has 0 amide bonds. The molecule has 2 rings (SSSR count). The highest BCUT2D eigenvalue weighted by Gasteiger charge is 2.11. The van der Waals surface area contributed by atoms with Gasteiger partial charge in [-0.1, -0.05) is 31.2 Å². The van der Waals surface area contributed by atoms with Gasteiger partial charge >= 0.3 is 5.97 Å². The number of carboxylic acid groups (broad SMARTS) is 1. The molecule has 0 spiro atoms. The number of aromatic carboxylic acids is 1. The van der Waals surface area contributed by atoms with Gasteiger partial charge in [-0.2, -0.15) is 5.10 Å². The van der Waals surface area contributed by atoms with Crippen LogP contribution in [0.1, 0.15) is 34.1 Å². The monoisotopic (exact) mass is 244 g/mol. The predicted octanol–water partition coefficient (Wildman–Crippen LogP) is 2.50. The van der Waals surface area contributed by atoms with Crippen LogP contribution < -0.4 is 0 Å². The quantitative estimate of drug-likeness (QED) is 0.899. The summed E-state index contributed by atoms with van der Waals surface area (Å²) in [6.07, 6.45) is 2.59. The molecular formula is C14H16N2O2. The molecule has 1 aromatic heterocycles. The summed E-state index contributed by atoms with van der Waals surface area (Å²) in [6, 6.07) is 8.28. The van der Waals surface area contributed by atoms with E-state index in [0.29, 0.717) is 12.2 Å². The van der Waals surface area contributed by atoms with Gasteiger partial charge in [0.1, 0.15) is 5.56 Å². The average Bonchev–Trinajstić information content (AvgIpc) is 2.71. The Morgan fingerprint density at radius 3 is 2.39 bits per heavy atom. The van der Waals surface area contributed by atoms with Gasteiger partial charge in [0.05, 0.1) is 12.2 Å². The van der Waals surface area contributed by atoms with Crippen LogP contribution in [0.3, 0.4) is 0 Å². The van der Waals surface area contributed by atoms with Crippen LogP contribution in [-0.4, -0.2) is 20.9 Å². The lowest BCUT2D eigenvalue weighted by Gasteiger charge is -2.03. The van der Waals surface area contributed by atoms with Crippen LogP contribution in [-0.2, 0) is 13.0 Å². The van der Waals surface area contributed by atoms with E-state index in [9.17, 15) is 4.79 Å². The van der Waals surface area contributed by atoms with Gasteiger partial charge in [0, 0.05) is 6.20 Å². The zero-order chi connectivity index (χ0) is 13.1. The lowest BCUT2D eigenvalue weighted by molar-refractivity contribution is 0.0696. The smallest absolute Gasteiger partial charge is 0.339 e. The Balaban J connectivity index is 2.18. The molecular weight excluding hydrogens is 228 g/mol. The Morgan fingerprint density at radius 1 is 1.28 bits per heavy atom. The molecule has 0 fully saturated rings. The molecule has 0 aliphatic rings. The molecule has 94 valence electrons. The number of rotatable bonds is 4. The minimum Gasteiger partial charge on any atom is -0.478 e. The number of aryl methyl sites for hydroxylation is 2. The summed E-state index contributed by atoms with van der Waals surface area (Å²) in [6.45, 7) is 4.42. The number of benzene rings is 1. The van der Waals surface area contributed by atoms with E-state index in [0.717, 1.165) is 12.0 Å². The lowest BCUT2D eigenvalue weighted by atomic mass is 10.1. The van der Waals surface area contributed by atoms with Crippen LogP contribution in [0.25, 0.3) is 0 Å². The summed E-state index contributed by atoms with van der Waals surface area (Å²) in [5.41, 5.74) is 3.22. The Kier molecular flexibility index (Phi) is 3.46. The molecule has 1 heterocycles. The Morgan fingerprint density at radius 2 is 1.89 bits per heavy atom. The van der Waals surface area contributed by atoms with E-state index < -0.39 is 5.97 Å². The van der Waals surface area contributed by atoms with E-state index in [-0.39, 0.29) is 5.56 Å². The summed E-state index contributed by atoms with van der Waals surface area (Å²) >= 11 is 0. The molecule has 0 aliphatic heterocycles. The number of carboxylic acids is 1. The third-order valence-electron chi connectivity index (χ3n) is 2.95. The van der Waals surface area contributed by atoms with Crippen molar-refractivity contribution in [3.63, 3.8) is 0 Å². The molecule has 18 heavy (non-hydrogen) atoms. The standard InChI is InChI=1S/C14H16N2O2/c1-3-11-4-6-12(7-5-11)8-16-9-13(14(17)18)10(2)15-16/h4-7,9H,3,8H2,1-2H3,(H,17,18). The van der Waals surface area contributed by atoms with Crippen molar-refractivity contribution in [2.75, 3.05) is 0 Å². The maximum atomic E-state index is 10.9. The fourth-order valence-corrected chi connectivity index (χ4v) is 1.88. The minimum atomic E-state index is -0.930. The molecule has 4 nitrogen and oxygen atoms in total. The third kappa shape index (κ3) is 2.59. The minimum absolute atomic E-state index is 0.264. The molecule has 1 N–H and O–H groups in total. The van der Waals surface area contributed by atoms with Crippen LogP contribution in [0.15, 0.2) is 30.5 Å². The van der Waals surface area contributed by atoms with Gasteiger partial charge in [-0.3, -0.25) is 4.68 Å². The highest BCUT2D eigenvalue weighted by Crippen LogP contribution is 2.10. The van der Waals surface area contributed by atoms with Gasteiger partial charge in [0.25, 0.3) is 0 Å². The van der Waals surface area contributed by atoms with E-state index >= 15 is 0 Å². The van der Waals surface area contributed by atoms with Crippen molar-refractivity contribution in [2.45, 2.75) is 26.8 Å². The molecule has 0 unspecified atom stereocenters. The third-order valence-corrected chi connectivity index (χ3v) is 2.95. The van der Waals surface area contributed by atoms with Gasteiger partial charge in [-0.05, 0) is 24.5 Å². The van der Waals surface area contributed by atoms with Gasteiger partial charge in [-0.25, -0.2) is 4.79 Å². The summed E-state index contributed by atoms with van der Waals surface area (Å²) in [5.74, 6) is -0.930. The zero-order valence-electron chi connectivity index (χ0n) is 10.6. The molecule has 0 radical (unpaired) electrons. The van der Waals surface area contributed by atoms with Gasteiger partial charge in [0.15, 0.2) is 0 Å². The van der Waals surface area contributed by atoms with E-state index in [1.54, 1.807) is 17.8 Å². The molecule has 1 aromatic carbocycles. The second-order valence-corrected chi connectivity index (χ2v) is 4.30. The second-order valence-electron chi connectivity index (χ2n) is 4.30. The number of aromatic nitrogens is 2. The van der Waals surface area contributed by atoms with Crippen LogP contribution >= 0.6 is 0 Å². The average molecular weight is 244 g/mol. The van der Waals surface area contributed by atoms with Crippen molar-refractivity contribution in [3.05, 3.63) is 52.8 Å². The molecule has 4 heteroatoms. The van der Waals surface area contributed by atoms with Crippen molar-refractivity contribution < 1.29 is 9.90 Å². The summed E-state index contributed by atoms with van der Waals surface area (Å²) in [5, 5.41) is 13.2. The Hall–Kier alpha value is -2.10. The van der Waals surface area contributed by atoms with Gasteiger partial charge < -0.3 is 5.11 Å². The van der Waals surface area contributed by atoms with Gasteiger partial charge in [-0.15, -0.1) is 0 Å². The SMILES string of the molecule is CCc1ccc(Cn2cc(C(=O)O)c(C)n2)cc1. The van der Waals surface area contributed by atoms with Crippen molar-refractivity contribution in [1.82, 2.24) is 9.78 Å². The number of carbonyl (C=O) groups is 1. The first-order chi connectivity index (χ1) is 8.60. The van der Waals surface area contributed by atoms with Crippen LogP contribution in [0.4, 0.5) is 0 Å². The molecule has 0 bridgehead atoms. The number of hydrogen-bond acceptors (Lipinski definition) is 2. The first-order valence-electron chi connectivity index (χ1n) is 5.95. The molecule has 0 saturated carbocycles. The Bertz CT molecular complexity index is 556. The maximum Gasteiger partial charge on any atom is 0.339 e. The fraction of sp³-hybridized carbons (Fsp3) is 0.286. The second kappa shape index (κ2) is 5.04. The molecule has 0 aliphatic carbocycles. The van der Waals surface area contributed by atoms with Gasteiger partial charge in [0.2, 0.25) is 0 Å². The van der Waals surface area contributed by atoms with E-state index in [1.165, 1.54) is 5.56 Å². The normalized spacial score (nSPS) is 10.6. The summed E-state index contributed by atoms with van der Waals surface area (Å²) in [4.78, 5) is 10.9. The topological polar surface area (TPSA) is 55.1 Å². The predicted molar refractivity (Wildman–Crippen MR) is 68.8 cm³/mol. The van der Waals surface area contributed by atoms with E-state index in [4.69, 9.17) is 5.11 Å². The number of hydrogen-bond donors (Lipinski definition) is 1. The number of nitrogens with zero attached hydrogens (tertiary/aromatic N) is 2. The maximum absolute atomic E-state index is 10.9. The fourth-order valence-electron chi connectivity index (χ4n) is 1.88. The molecule has 0 saturated heterocycles. The van der Waals surface area contributed by atoms with Crippen molar-refractivity contribution in [3.8, 4) is 0 Å². The lowest BCUT2D eigenvalue weighted by Crippen LogP contribution is -2.00. The van der Waals surface area contributed by atoms with Crippen LogP contribution in [0, 0.1) is 6.92 Å². The van der Waals surface area contributed by atoms with Crippen molar-refractivity contribution >= 4 is 5.97 Å². The molecule has 2 aromatic rings. The van der Waals surface area contributed by atoms with Crippen LogP contribution in [0.5, 0.6) is 0 Å². The van der Waals surface area contributed by atoms with Crippen molar-refractivity contribution in [1.29, 1.82) is 0 Å². The first kappa shape index (κ1) is 12.4. The van der Waals surface area contributed by atoms with Crippen molar-refractivity contribution in [2.24, 2.45) is 0 Å². The summed E-state index contributed by atoms with van der Waals surface area (Å²) in [7, 11) is 0. The Labute approximate surface area is 106 Å². The first-order valence-corrected chi connectivity index (χ1v) is 5.95. The zero-order valence-corrected chi connectivity index (χ0v) is 10.6. The largest absolute Gasteiger partial charge is 0.478 e. The van der Waals surface area contributed by atoms with Crippen LogP contribution in [0.2, 0.25) is 0 Å². The molecule has 0 atom stereocenters. The van der Waals surface area contributed by atoms with E-state index in [2.05, 4.69) is 36.3 Å². The van der Waals surface area contributed by atoms with E-state index in [1.807, 2.05) is 0 Å². The highest BCUT2D eigenvalue weighted by atomic mass is 16.4. The summed E-state index contributed by atoms with van der Waals surface area (Å²) < 4.78 is 1.67.